The molecule has 0 atom stereocenters. The van der Waals surface area contributed by atoms with Gasteiger partial charge in [-0.05, 0) is 54.1 Å². The number of aromatic amines is 1. The van der Waals surface area contributed by atoms with E-state index in [1.54, 1.807) is 24.5 Å². The van der Waals surface area contributed by atoms with E-state index >= 15 is 0 Å². The van der Waals surface area contributed by atoms with Crippen molar-refractivity contribution in [2.24, 2.45) is 0 Å². The van der Waals surface area contributed by atoms with Crippen molar-refractivity contribution in [1.82, 2.24) is 15.2 Å². The van der Waals surface area contributed by atoms with Crippen LogP contribution in [-0.4, -0.2) is 21.2 Å². The molecule has 166 valence electrons. The average Bonchev–Trinajstić information content (AvgIpc) is 3.36. The molecule has 0 bridgehead atoms. The van der Waals surface area contributed by atoms with E-state index in [9.17, 15) is 4.79 Å². The zero-order chi connectivity index (χ0) is 23.2. The van der Waals surface area contributed by atoms with E-state index in [1.165, 1.54) is 0 Å². The second kappa shape index (κ2) is 9.70. The van der Waals surface area contributed by atoms with Crippen LogP contribution >= 0.6 is 0 Å². The van der Waals surface area contributed by atoms with Crippen LogP contribution < -0.4 is 15.4 Å². The van der Waals surface area contributed by atoms with Crippen LogP contribution in [-0.2, 0) is 0 Å². The fourth-order valence-corrected chi connectivity index (χ4v) is 3.56. The highest BCUT2D eigenvalue weighted by Crippen LogP contribution is 2.31. The number of hydrogen-bond acceptors (Lipinski definition) is 4. The van der Waals surface area contributed by atoms with Crippen LogP contribution in [0.25, 0.3) is 22.4 Å². The van der Waals surface area contributed by atoms with Gasteiger partial charge in [0.2, 0.25) is 0 Å². The molecule has 0 radical (unpaired) electrons. The van der Waals surface area contributed by atoms with E-state index in [2.05, 4.69) is 25.8 Å². The maximum absolute atomic E-state index is 12.6. The minimum absolute atomic E-state index is 0.356. The van der Waals surface area contributed by atoms with Crippen LogP contribution in [0.4, 0.5) is 16.2 Å². The molecule has 34 heavy (non-hydrogen) atoms. The highest BCUT2D eigenvalue weighted by Gasteiger charge is 2.12. The van der Waals surface area contributed by atoms with Crippen LogP contribution in [0.5, 0.6) is 11.5 Å². The highest BCUT2D eigenvalue weighted by molar-refractivity contribution is 6.00. The molecular formula is C27H21N5O2. The Hall–Kier alpha value is -4.91. The lowest BCUT2D eigenvalue weighted by molar-refractivity contribution is 0.262. The highest BCUT2D eigenvalue weighted by atomic mass is 16.5. The van der Waals surface area contributed by atoms with E-state index in [1.807, 2.05) is 85.1 Å². The SMILES string of the molecule is O=C(Nc1cccc(Oc2ccccc2)c1)Nc1cccc(-c2n[nH]cc2-c2ccncc2)c1. The molecule has 3 N–H and O–H groups in total. The van der Waals surface area contributed by atoms with Crippen molar-refractivity contribution in [2.45, 2.75) is 0 Å². The molecular weight excluding hydrogens is 426 g/mol. The van der Waals surface area contributed by atoms with Crippen molar-refractivity contribution in [1.29, 1.82) is 0 Å². The average molecular weight is 447 g/mol. The van der Waals surface area contributed by atoms with Crippen LogP contribution in [0.2, 0.25) is 0 Å². The summed E-state index contributed by atoms with van der Waals surface area (Å²) in [5, 5.41) is 13.1. The van der Waals surface area contributed by atoms with Crippen LogP contribution in [0.3, 0.4) is 0 Å². The summed E-state index contributed by atoms with van der Waals surface area (Å²) in [4.78, 5) is 16.7. The number of nitrogens with one attached hydrogen (secondary N) is 3. The second-order valence-electron chi connectivity index (χ2n) is 7.49. The molecule has 5 rings (SSSR count). The van der Waals surface area contributed by atoms with E-state index in [0.29, 0.717) is 17.1 Å². The minimum atomic E-state index is -0.356. The monoisotopic (exact) mass is 447 g/mol. The molecule has 0 fully saturated rings. The molecule has 2 heterocycles. The first-order valence-corrected chi connectivity index (χ1v) is 10.7. The Labute approximate surface area is 196 Å². The predicted molar refractivity (Wildman–Crippen MR) is 133 cm³/mol. The number of ether oxygens (including phenoxy) is 1. The van der Waals surface area contributed by atoms with Gasteiger partial charge in [0, 0.05) is 47.2 Å². The molecule has 0 aliphatic carbocycles. The fourth-order valence-electron chi connectivity index (χ4n) is 3.56. The fraction of sp³-hybridized carbons (Fsp3) is 0. The third kappa shape index (κ3) is 4.94. The molecule has 0 spiro atoms. The first-order chi connectivity index (χ1) is 16.7. The summed E-state index contributed by atoms with van der Waals surface area (Å²) in [5.41, 5.74) is 4.90. The summed E-state index contributed by atoms with van der Waals surface area (Å²) in [5.74, 6) is 1.36. The standard InChI is InChI=1S/C27H21N5O2/c33-27(31-22-8-5-11-24(17-22)34-23-9-2-1-3-10-23)30-21-7-4-6-20(16-21)26-25(18-29-32-26)19-12-14-28-15-13-19/h1-18H,(H,29,32)(H2,30,31,33). The first-order valence-electron chi connectivity index (χ1n) is 10.7. The minimum Gasteiger partial charge on any atom is -0.457 e. The van der Waals surface area contributed by atoms with Gasteiger partial charge in [-0.3, -0.25) is 10.1 Å². The Morgan fingerprint density at radius 2 is 1.44 bits per heavy atom. The summed E-state index contributed by atoms with van der Waals surface area (Å²) in [6.07, 6.45) is 5.34. The lowest BCUT2D eigenvalue weighted by Crippen LogP contribution is -2.19. The lowest BCUT2D eigenvalue weighted by atomic mass is 10.0. The van der Waals surface area contributed by atoms with Gasteiger partial charge in [0.1, 0.15) is 11.5 Å². The zero-order valence-corrected chi connectivity index (χ0v) is 18.1. The van der Waals surface area contributed by atoms with Crippen molar-refractivity contribution < 1.29 is 9.53 Å². The number of carbonyl (C=O) groups is 1. The van der Waals surface area contributed by atoms with Gasteiger partial charge in [-0.2, -0.15) is 5.10 Å². The molecule has 0 saturated heterocycles. The van der Waals surface area contributed by atoms with Gasteiger partial charge in [0.15, 0.2) is 0 Å². The topological polar surface area (TPSA) is 91.9 Å². The molecule has 7 nitrogen and oxygen atoms in total. The van der Waals surface area contributed by atoms with Crippen LogP contribution in [0.15, 0.2) is 110 Å². The maximum Gasteiger partial charge on any atom is 0.323 e. The largest absolute Gasteiger partial charge is 0.457 e. The number of H-pyrrole nitrogens is 1. The van der Waals surface area contributed by atoms with Crippen molar-refractivity contribution in [2.75, 3.05) is 10.6 Å². The number of urea groups is 1. The maximum atomic E-state index is 12.6. The Kier molecular flexibility index (Phi) is 5.98. The predicted octanol–water partition coefficient (Wildman–Crippen LogP) is 6.58. The van der Waals surface area contributed by atoms with Crippen LogP contribution in [0.1, 0.15) is 0 Å². The Balaban J connectivity index is 1.28. The summed E-state index contributed by atoms with van der Waals surface area (Å²) in [6.45, 7) is 0. The number of pyridine rings is 1. The van der Waals surface area contributed by atoms with Gasteiger partial charge in [-0.1, -0.05) is 36.4 Å². The van der Waals surface area contributed by atoms with Crippen molar-refractivity contribution in [3.8, 4) is 33.9 Å². The van der Waals surface area contributed by atoms with Gasteiger partial charge in [0.05, 0.1) is 5.69 Å². The van der Waals surface area contributed by atoms with E-state index in [-0.39, 0.29) is 6.03 Å². The van der Waals surface area contributed by atoms with Gasteiger partial charge in [-0.15, -0.1) is 0 Å². The molecule has 3 aromatic carbocycles. The molecule has 7 heteroatoms. The Bertz CT molecular complexity index is 1400. The van der Waals surface area contributed by atoms with Crippen molar-refractivity contribution in [3.63, 3.8) is 0 Å². The zero-order valence-electron chi connectivity index (χ0n) is 18.1. The van der Waals surface area contributed by atoms with Crippen LogP contribution in [0, 0.1) is 0 Å². The molecule has 0 unspecified atom stereocenters. The third-order valence-electron chi connectivity index (χ3n) is 5.10. The number of carbonyl (C=O) groups excluding carboxylic acids is 1. The Morgan fingerprint density at radius 3 is 2.24 bits per heavy atom. The number of hydrogen-bond donors (Lipinski definition) is 3. The van der Waals surface area contributed by atoms with Crippen molar-refractivity contribution >= 4 is 17.4 Å². The van der Waals surface area contributed by atoms with Gasteiger partial charge in [-0.25, -0.2) is 4.79 Å². The molecule has 0 aliphatic heterocycles. The van der Waals surface area contributed by atoms with E-state index < -0.39 is 0 Å². The molecule has 5 aromatic rings. The van der Waals surface area contributed by atoms with E-state index in [0.717, 1.165) is 28.1 Å². The second-order valence-corrected chi connectivity index (χ2v) is 7.49. The summed E-state index contributed by atoms with van der Waals surface area (Å²) in [7, 11) is 0. The first kappa shape index (κ1) is 21.0. The summed E-state index contributed by atoms with van der Waals surface area (Å²) in [6, 6.07) is 27.8. The quantitative estimate of drug-likeness (QED) is 0.274. The normalized spacial score (nSPS) is 10.5. The summed E-state index contributed by atoms with van der Waals surface area (Å²) < 4.78 is 5.84. The molecule has 0 aliphatic rings. The molecule has 2 amide bonds. The van der Waals surface area contributed by atoms with Gasteiger partial charge < -0.3 is 15.4 Å². The van der Waals surface area contributed by atoms with E-state index in [4.69, 9.17) is 4.74 Å². The lowest BCUT2D eigenvalue weighted by Gasteiger charge is -2.11. The third-order valence-corrected chi connectivity index (χ3v) is 5.10. The number of rotatable bonds is 6. The smallest absolute Gasteiger partial charge is 0.323 e. The van der Waals surface area contributed by atoms with Crippen molar-refractivity contribution in [3.05, 3.63) is 110 Å². The number of benzene rings is 3. The number of anilines is 2. The Morgan fingerprint density at radius 1 is 0.735 bits per heavy atom. The van der Waals surface area contributed by atoms with Gasteiger partial charge in [0.25, 0.3) is 0 Å². The number of amides is 2. The number of aromatic nitrogens is 3. The van der Waals surface area contributed by atoms with Gasteiger partial charge >= 0.3 is 6.03 Å². The summed E-state index contributed by atoms with van der Waals surface area (Å²) >= 11 is 0. The molecule has 0 saturated carbocycles. The molecule has 2 aromatic heterocycles. The number of para-hydroxylation sites is 1. The number of nitrogens with zero attached hydrogens (tertiary/aromatic N) is 2.